The lowest BCUT2D eigenvalue weighted by molar-refractivity contribution is -0.156. The summed E-state index contributed by atoms with van der Waals surface area (Å²) < 4.78 is 33.2. The Labute approximate surface area is 154 Å². The van der Waals surface area contributed by atoms with Crippen LogP contribution in [0.3, 0.4) is 0 Å². The molecule has 0 aromatic heterocycles. The van der Waals surface area contributed by atoms with Gasteiger partial charge in [-0.3, -0.25) is 4.79 Å². The standard InChI is InChI=1S/C18H25NO6S/c1-12(2)14-4-6-16(7-5-14)24-10-17(20)25-13(3)18(21)19-15-8-9-26(22,23)11-15/h4-7,12-13,15H,8-11H2,1-3H3,(H,19,21)/t13-,15-/m0/s1. The second-order valence-electron chi connectivity index (χ2n) is 6.75. The molecular weight excluding hydrogens is 358 g/mol. The molecule has 1 aliphatic heterocycles. The number of hydrogen-bond donors (Lipinski definition) is 1. The van der Waals surface area contributed by atoms with Crippen LogP contribution >= 0.6 is 0 Å². The van der Waals surface area contributed by atoms with Gasteiger partial charge in [0.2, 0.25) is 0 Å². The molecule has 1 amide bonds. The van der Waals surface area contributed by atoms with Crippen molar-refractivity contribution in [2.45, 2.75) is 45.3 Å². The first-order chi connectivity index (χ1) is 12.2. The maximum Gasteiger partial charge on any atom is 0.344 e. The van der Waals surface area contributed by atoms with Crippen molar-refractivity contribution in [2.75, 3.05) is 18.1 Å². The third-order valence-electron chi connectivity index (χ3n) is 4.16. The fourth-order valence-electron chi connectivity index (χ4n) is 2.60. The Morgan fingerprint density at radius 1 is 1.19 bits per heavy atom. The lowest BCUT2D eigenvalue weighted by Gasteiger charge is -2.16. The van der Waals surface area contributed by atoms with Gasteiger partial charge in [-0.25, -0.2) is 13.2 Å². The number of hydrogen-bond acceptors (Lipinski definition) is 6. The number of rotatable bonds is 7. The fraction of sp³-hybridized carbons (Fsp3) is 0.556. The predicted octanol–water partition coefficient (Wildman–Crippen LogP) is 1.42. The first kappa shape index (κ1) is 20.2. The number of esters is 1. The minimum Gasteiger partial charge on any atom is -0.482 e. The molecule has 1 saturated heterocycles. The second kappa shape index (κ2) is 8.53. The number of carbonyl (C=O) groups excluding carboxylic acids is 2. The molecule has 8 heteroatoms. The molecule has 1 fully saturated rings. The molecule has 2 rings (SSSR count). The van der Waals surface area contributed by atoms with Gasteiger partial charge in [-0.1, -0.05) is 26.0 Å². The van der Waals surface area contributed by atoms with E-state index in [4.69, 9.17) is 9.47 Å². The Morgan fingerprint density at radius 3 is 2.38 bits per heavy atom. The van der Waals surface area contributed by atoms with E-state index < -0.39 is 33.9 Å². The highest BCUT2D eigenvalue weighted by Crippen LogP contribution is 2.18. The summed E-state index contributed by atoms with van der Waals surface area (Å²) in [6.07, 6.45) is -0.637. The van der Waals surface area contributed by atoms with Gasteiger partial charge < -0.3 is 14.8 Å². The third-order valence-corrected chi connectivity index (χ3v) is 5.93. The van der Waals surface area contributed by atoms with Crippen molar-refractivity contribution < 1.29 is 27.5 Å². The molecule has 1 aromatic rings. The Kier molecular flexibility index (Phi) is 6.63. The summed E-state index contributed by atoms with van der Waals surface area (Å²) in [6.45, 7) is 5.30. The summed E-state index contributed by atoms with van der Waals surface area (Å²) >= 11 is 0. The molecule has 0 spiro atoms. The zero-order valence-corrected chi connectivity index (χ0v) is 16.0. The highest BCUT2D eigenvalue weighted by atomic mass is 32.2. The number of nitrogens with one attached hydrogen (secondary N) is 1. The molecule has 2 atom stereocenters. The molecule has 0 unspecified atom stereocenters. The minimum atomic E-state index is -3.08. The fourth-order valence-corrected chi connectivity index (χ4v) is 4.28. The Hall–Kier alpha value is -2.09. The van der Waals surface area contributed by atoms with Crippen LogP contribution in [-0.2, 0) is 24.2 Å². The molecule has 26 heavy (non-hydrogen) atoms. The molecule has 1 aliphatic rings. The summed E-state index contributed by atoms with van der Waals surface area (Å²) in [4.78, 5) is 23.8. The molecule has 0 bridgehead atoms. The molecule has 1 heterocycles. The van der Waals surface area contributed by atoms with Crippen molar-refractivity contribution in [3.05, 3.63) is 29.8 Å². The lowest BCUT2D eigenvalue weighted by atomic mass is 10.0. The molecule has 1 aromatic carbocycles. The normalized spacial score (nSPS) is 19.8. The highest BCUT2D eigenvalue weighted by Gasteiger charge is 2.30. The first-order valence-corrected chi connectivity index (χ1v) is 10.4. The van der Waals surface area contributed by atoms with E-state index in [1.807, 2.05) is 12.1 Å². The van der Waals surface area contributed by atoms with Crippen molar-refractivity contribution >= 4 is 21.7 Å². The van der Waals surface area contributed by atoms with E-state index in [-0.39, 0.29) is 18.1 Å². The van der Waals surface area contributed by atoms with Crippen LogP contribution in [0.25, 0.3) is 0 Å². The molecule has 0 saturated carbocycles. The van der Waals surface area contributed by atoms with E-state index in [2.05, 4.69) is 19.2 Å². The predicted molar refractivity (Wildman–Crippen MR) is 96.8 cm³/mol. The Balaban J connectivity index is 1.75. The van der Waals surface area contributed by atoms with Gasteiger partial charge in [0.15, 0.2) is 22.5 Å². The van der Waals surface area contributed by atoms with E-state index >= 15 is 0 Å². The largest absolute Gasteiger partial charge is 0.482 e. The summed E-state index contributed by atoms with van der Waals surface area (Å²) in [5, 5.41) is 2.59. The minimum absolute atomic E-state index is 0.0650. The van der Waals surface area contributed by atoms with E-state index in [1.165, 1.54) is 12.5 Å². The van der Waals surface area contributed by atoms with Crippen LogP contribution in [0, 0.1) is 0 Å². The average molecular weight is 383 g/mol. The number of benzene rings is 1. The van der Waals surface area contributed by atoms with Gasteiger partial charge in [0.05, 0.1) is 11.5 Å². The third kappa shape index (κ3) is 6.01. The smallest absolute Gasteiger partial charge is 0.344 e. The van der Waals surface area contributed by atoms with Gasteiger partial charge in [0.25, 0.3) is 5.91 Å². The Bertz CT molecular complexity index is 741. The van der Waals surface area contributed by atoms with Crippen molar-refractivity contribution in [2.24, 2.45) is 0 Å². The monoisotopic (exact) mass is 383 g/mol. The van der Waals surface area contributed by atoms with Crippen LogP contribution in [-0.4, -0.2) is 50.6 Å². The zero-order valence-electron chi connectivity index (χ0n) is 15.2. The van der Waals surface area contributed by atoms with Crippen LogP contribution in [0.5, 0.6) is 5.75 Å². The van der Waals surface area contributed by atoms with Gasteiger partial charge in [-0.2, -0.15) is 0 Å². The van der Waals surface area contributed by atoms with Gasteiger partial charge in [0, 0.05) is 6.04 Å². The van der Waals surface area contributed by atoms with Crippen molar-refractivity contribution in [1.82, 2.24) is 5.32 Å². The van der Waals surface area contributed by atoms with Crippen LogP contribution in [0.1, 0.15) is 38.7 Å². The quantitative estimate of drug-likeness (QED) is 0.715. The number of carbonyl (C=O) groups is 2. The van der Waals surface area contributed by atoms with E-state index in [1.54, 1.807) is 12.1 Å². The molecule has 0 aliphatic carbocycles. The maximum absolute atomic E-state index is 12.0. The van der Waals surface area contributed by atoms with E-state index in [0.29, 0.717) is 18.1 Å². The first-order valence-electron chi connectivity index (χ1n) is 8.59. The Morgan fingerprint density at radius 2 is 1.85 bits per heavy atom. The number of sulfone groups is 1. The van der Waals surface area contributed by atoms with Gasteiger partial charge in [-0.05, 0) is 37.0 Å². The van der Waals surface area contributed by atoms with E-state index in [0.717, 1.165) is 0 Å². The van der Waals surface area contributed by atoms with Gasteiger partial charge in [-0.15, -0.1) is 0 Å². The van der Waals surface area contributed by atoms with Gasteiger partial charge in [0.1, 0.15) is 5.75 Å². The SMILES string of the molecule is CC(C)c1ccc(OCC(=O)O[C@@H](C)C(=O)N[C@H]2CCS(=O)(=O)C2)cc1. The molecule has 7 nitrogen and oxygen atoms in total. The highest BCUT2D eigenvalue weighted by molar-refractivity contribution is 7.91. The van der Waals surface area contributed by atoms with E-state index in [9.17, 15) is 18.0 Å². The average Bonchev–Trinajstić information content (AvgIpc) is 2.91. The van der Waals surface area contributed by atoms with Crippen LogP contribution in [0.2, 0.25) is 0 Å². The van der Waals surface area contributed by atoms with Crippen molar-refractivity contribution in [3.63, 3.8) is 0 Å². The summed E-state index contributed by atoms with van der Waals surface area (Å²) in [5.41, 5.74) is 1.17. The number of ether oxygens (including phenoxy) is 2. The topological polar surface area (TPSA) is 98.8 Å². The molecular formula is C18H25NO6S. The van der Waals surface area contributed by atoms with Crippen LogP contribution in [0.4, 0.5) is 0 Å². The molecule has 0 radical (unpaired) electrons. The second-order valence-corrected chi connectivity index (χ2v) is 8.98. The lowest BCUT2D eigenvalue weighted by Crippen LogP contribution is -2.43. The zero-order chi connectivity index (χ0) is 19.3. The van der Waals surface area contributed by atoms with Crippen molar-refractivity contribution in [1.29, 1.82) is 0 Å². The van der Waals surface area contributed by atoms with Crippen molar-refractivity contribution in [3.8, 4) is 5.75 Å². The summed E-state index contributed by atoms with van der Waals surface area (Å²) in [5.74, 6) is -0.242. The van der Waals surface area contributed by atoms with Gasteiger partial charge >= 0.3 is 5.97 Å². The maximum atomic E-state index is 12.0. The summed E-state index contributed by atoms with van der Waals surface area (Å²) in [7, 11) is -3.08. The van der Waals surface area contributed by atoms with Crippen LogP contribution in [0.15, 0.2) is 24.3 Å². The van der Waals surface area contributed by atoms with Crippen LogP contribution < -0.4 is 10.1 Å². The summed E-state index contributed by atoms with van der Waals surface area (Å²) in [6, 6.07) is 6.98. The molecule has 1 N–H and O–H groups in total. The molecule has 144 valence electrons. The number of amides is 1.